The van der Waals surface area contributed by atoms with Gasteiger partial charge in [0, 0.05) is 10.9 Å². The highest BCUT2D eigenvalue weighted by atomic mass is 79.9. The van der Waals surface area contributed by atoms with Crippen molar-refractivity contribution in [1.29, 1.82) is 0 Å². The van der Waals surface area contributed by atoms with Crippen molar-refractivity contribution in [3.8, 4) is 0 Å². The van der Waals surface area contributed by atoms with E-state index in [4.69, 9.17) is 10.2 Å². The highest BCUT2D eigenvalue weighted by molar-refractivity contribution is 9.10. The van der Waals surface area contributed by atoms with Crippen molar-refractivity contribution < 1.29 is 19.8 Å². The van der Waals surface area contributed by atoms with Crippen LogP contribution in [0.4, 0.5) is 0 Å². The van der Waals surface area contributed by atoms with Gasteiger partial charge in [-0.3, -0.25) is 4.79 Å². The van der Waals surface area contributed by atoms with Gasteiger partial charge in [0.2, 0.25) is 5.91 Å². The molecule has 1 aromatic rings. The van der Waals surface area contributed by atoms with Crippen molar-refractivity contribution in [3.63, 3.8) is 0 Å². The summed E-state index contributed by atoms with van der Waals surface area (Å²) in [5.74, 6) is -1.66. The molecule has 104 valence electrons. The third-order valence-electron chi connectivity index (χ3n) is 2.75. The molecule has 1 rings (SSSR count). The quantitative estimate of drug-likeness (QED) is 0.738. The summed E-state index contributed by atoms with van der Waals surface area (Å²) in [5.41, 5.74) is 0.995. The van der Waals surface area contributed by atoms with E-state index in [0.29, 0.717) is 0 Å². The molecule has 1 aromatic carbocycles. The van der Waals surface area contributed by atoms with E-state index in [0.717, 1.165) is 10.0 Å². The molecule has 2 atom stereocenters. The SMILES string of the molecule is CC(CC(=O)N[C@@H](CO)C(=O)O)c1ccc(Br)cc1. The van der Waals surface area contributed by atoms with E-state index in [-0.39, 0.29) is 12.3 Å². The predicted octanol–water partition coefficient (Wildman–Crippen LogP) is 1.50. The molecule has 0 aliphatic rings. The number of carboxylic acids is 1. The van der Waals surface area contributed by atoms with Gasteiger partial charge in [-0.2, -0.15) is 0 Å². The Morgan fingerprint density at radius 3 is 2.37 bits per heavy atom. The van der Waals surface area contributed by atoms with Crippen LogP contribution in [0.5, 0.6) is 0 Å². The molecule has 3 N–H and O–H groups in total. The van der Waals surface area contributed by atoms with Crippen LogP contribution in [0, 0.1) is 0 Å². The minimum absolute atomic E-state index is 0.0266. The predicted molar refractivity (Wildman–Crippen MR) is 73.8 cm³/mol. The molecule has 5 nitrogen and oxygen atoms in total. The molecule has 6 heteroatoms. The monoisotopic (exact) mass is 329 g/mol. The fourth-order valence-electron chi connectivity index (χ4n) is 1.63. The first-order valence-corrected chi connectivity index (χ1v) is 6.61. The molecular formula is C13H16BrNO4. The Hall–Kier alpha value is -1.40. The van der Waals surface area contributed by atoms with Crippen LogP contribution >= 0.6 is 15.9 Å². The Labute approximate surface area is 119 Å². The molecule has 0 saturated carbocycles. The third kappa shape index (κ3) is 5.00. The van der Waals surface area contributed by atoms with Gasteiger partial charge in [-0.25, -0.2) is 4.79 Å². The molecule has 0 aliphatic carbocycles. The van der Waals surface area contributed by atoms with Gasteiger partial charge in [0.25, 0.3) is 0 Å². The number of nitrogens with one attached hydrogen (secondary N) is 1. The summed E-state index contributed by atoms with van der Waals surface area (Å²) in [4.78, 5) is 22.4. The third-order valence-corrected chi connectivity index (χ3v) is 3.28. The molecule has 1 unspecified atom stereocenters. The number of hydrogen-bond donors (Lipinski definition) is 3. The minimum atomic E-state index is -1.25. The molecule has 0 heterocycles. The second kappa shape index (κ2) is 7.25. The van der Waals surface area contributed by atoms with Crippen molar-refractivity contribution in [2.75, 3.05) is 6.61 Å². The van der Waals surface area contributed by atoms with Crippen molar-refractivity contribution >= 4 is 27.8 Å². The standard InChI is InChI=1S/C13H16BrNO4/c1-8(9-2-4-10(14)5-3-9)6-12(17)15-11(7-16)13(18)19/h2-5,8,11,16H,6-7H2,1H3,(H,15,17)(H,18,19)/t8?,11-/m0/s1. The molecule has 0 bridgehead atoms. The lowest BCUT2D eigenvalue weighted by Gasteiger charge is -2.15. The fourth-order valence-corrected chi connectivity index (χ4v) is 1.89. The highest BCUT2D eigenvalue weighted by Crippen LogP contribution is 2.21. The maximum absolute atomic E-state index is 11.7. The number of halogens is 1. The summed E-state index contributed by atoms with van der Waals surface area (Å²) in [6.07, 6.45) is 0.172. The van der Waals surface area contributed by atoms with Gasteiger partial charge >= 0.3 is 5.97 Å². The van der Waals surface area contributed by atoms with E-state index >= 15 is 0 Å². The first-order chi connectivity index (χ1) is 8.93. The van der Waals surface area contributed by atoms with Crippen LogP contribution in [0.2, 0.25) is 0 Å². The molecule has 0 fully saturated rings. The summed E-state index contributed by atoms with van der Waals surface area (Å²) < 4.78 is 0.958. The number of rotatable bonds is 6. The van der Waals surface area contributed by atoms with Gasteiger partial charge in [-0.05, 0) is 23.6 Å². The first-order valence-electron chi connectivity index (χ1n) is 5.82. The van der Waals surface area contributed by atoms with E-state index in [2.05, 4.69) is 21.2 Å². The number of hydrogen-bond acceptors (Lipinski definition) is 3. The number of carbonyl (C=O) groups excluding carboxylic acids is 1. The van der Waals surface area contributed by atoms with Crippen molar-refractivity contribution in [2.45, 2.75) is 25.3 Å². The molecule has 0 aliphatic heterocycles. The number of amides is 1. The average molecular weight is 330 g/mol. The second-order valence-corrected chi connectivity index (χ2v) is 5.21. The number of carbonyl (C=O) groups is 2. The number of aliphatic carboxylic acids is 1. The van der Waals surface area contributed by atoms with E-state index in [1.54, 1.807) is 0 Å². The van der Waals surface area contributed by atoms with Crippen molar-refractivity contribution in [2.24, 2.45) is 0 Å². The largest absolute Gasteiger partial charge is 0.480 e. The summed E-state index contributed by atoms with van der Waals surface area (Å²) in [5, 5.41) is 19.8. The van der Waals surface area contributed by atoms with E-state index in [9.17, 15) is 9.59 Å². The fraction of sp³-hybridized carbons (Fsp3) is 0.385. The number of aliphatic hydroxyl groups is 1. The van der Waals surface area contributed by atoms with Crippen molar-refractivity contribution in [1.82, 2.24) is 5.32 Å². The summed E-state index contributed by atoms with van der Waals surface area (Å²) in [6.45, 7) is 1.27. The highest BCUT2D eigenvalue weighted by Gasteiger charge is 2.20. The minimum Gasteiger partial charge on any atom is -0.480 e. The lowest BCUT2D eigenvalue weighted by atomic mass is 9.97. The van der Waals surface area contributed by atoms with Gasteiger partial charge in [-0.1, -0.05) is 35.0 Å². The first kappa shape index (κ1) is 15.7. The second-order valence-electron chi connectivity index (χ2n) is 4.30. The topological polar surface area (TPSA) is 86.6 Å². The summed E-state index contributed by atoms with van der Waals surface area (Å²) in [6, 6.07) is 6.34. The van der Waals surface area contributed by atoms with Gasteiger partial charge in [0.05, 0.1) is 6.61 Å². The number of benzene rings is 1. The van der Waals surface area contributed by atoms with Gasteiger partial charge in [-0.15, -0.1) is 0 Å². The van der Waals surface area contributed by atoms with Crippen LogP contribution in [-0.4, -0.2) is 34.7 Å². The Bertz CT molecular complexity index is 446. The van der Waals surface area contributed by atoms with Crippen LogP contribution in [0.25, 0.3) is 0 Å². The van der Waals surface area contributed by atoms with E-state index in [1.165, 1.54) is 0 Å². The molecule has 0 saturated heterocycles. The number of aliphatic hydroxyl groups excluding tert-OH is 1. The Balaban J connectivity index is 2.56. The molecule has 19 heavy (non-hydrogen) atoms. The van der Waals surface area contributed by atoms with Crippen LogP contribution in [0.3, 0.4) is 0 Å². The van der Waals surface area contributed by atoms with Gasteiger partial charge in [0.15, 0.2) is 0 Å². The Kier molecular flexibility index (Phi) is 5.98. The van der Waals surface area contributed by atoms with Gasteiger partial charge in [0.1, 0.15) is 6.04 Å². The molecule has 1 amide bonds. The molecule has 0 radical (unpaired) electrons. The van der Waals surface area contributed by atoms with Crippen LogP contribution in [0.1, 0.15) is 24.8 Å². The summed E-state index contributed by atoms with van der Waals surface area (Å²) in [7, 11) is 0. The maximum atomic E-state index is 11.7. The van der Waals surface area contributed by atoms with Gasteiger partial charge < -0.3 is 15.5 Å². The zero-order valence-electron chi connectivity index (χ0n) is 10.5. The Morgan fingerprint density at radius 2 is 1.89 bits per heavy atom. The summed E-state index contributed by atoms with van der Waals surface area (Å²) >= 11 is 3.33. The lowest BCUT2D eigenvalue weighted by molar-refractivity contribution is -0.143. The van der Waals surface area contributed by atoms with E-state index < -0.39 is 24.5 Å². The molecular weight excluding hydrogens is 314 g/mol. The Morgan fingerprint density at radius 1 is 1.32 bits per heavy atom. The molecule has 0 aromatic heterocycles. The van der Waals surface area contributed by atoms with Crippen LogP contribution < -0.4 is 5.32 Å². The lowest BCUT2D eigenvalue weighted by Crippen LogP contribution is -2.43. The average Bonchev–Trinajstić information content (AvgIpc) is 2.36. The number of carboxylic acid groups (broad SMARTS) is 1. The smallest absolute Gasteiger partial charge is 0.328 e. The maximum Gasteiger partial charge on any atom is 0.328 e. The molecule has 0 spiro atoms. The zero-order chi connectivity index (χ0) is 14.4. The van der Waals surface area contributed by atoms with Crippen molar-refractivity contribution in [3.05, 3.63) is 34.3 Å². The normalized spacial score (nSPS) is 13.6. The zero-order valence-corrected chi connectivity index (χ0v) is 12.1. The van der Waals surface area contributed by atoms with E-state index in [1.807, 2.05) is 31.2 Å². The van der Waals surface area contributed by atoms with Crippen LogP contribution in [-0.2, 0) is 9.59 Å². The van der Waals surface area contributed by atoms with Crippen LogP contribution in [0.15, 0.2) is 28.7 Å².